The number of aromatic amines is 1. The van der Waals surface area contributed by atoms with Crippen molar-refractivity contribution in [1.82, 2.24) is 9.97 Å². The Kier molecular flexibility index (Phi) is 4.91. The summed E-state index contributed by atoms with van der Waals surface area (Å²) in [6, 6.07) is 9.54. The van der Waals surface area contributed by atoms with Crippen LogP contribution in [0.5, 0.6) is 0 Å². The topological polar surface area (TPSA) is 57.8 Å². The summed E-state index contributed by atoms with van der Waals surface area (Å²) in [7, 11) is 1.86. The zero-order chi connectivity index (χ0) is 18.0. The second-order valence-corrected chi connectivity index (χ2v) is 6.60. The molecule has 2 N–H and O–H groups in total. The fraction of sp³-hybridized carbons (Fsp3) is 0.200. The average molecular weight is 354 g/mol. The van der Waals surface area contributed by atoms with Crippen LogP contribution >= 0.6 is 11.6 Å². The summed E-state index contributed by atoms with van der Waals surface area (Å²) >= 11 is 6.17. The van der Waals surface area contributed by atoms with Crippen molar-refractivity contribution in [3.63, 3.8) is 0 Å². The summed E-state index contributed by atoms with van der Waals surface area (Å²) in [4.78, 5) is 19.5. The molecule has 0 saturated heterocycles. The largest absolute Gasteiger partial charge is 0.386 e. The molecule has 2 aromatic heterocycles. The van der Waals surface area contributed by atoms with Crippen LogP contribution in [0.4, 0.5) is 5.69 Å². The van der Waals surface area contributed by atoms with Gasteiger partial charge in [0, 0.05) is 52.1 Å². The zero-order valence-corrected chi connectivity index (χ0v) is 15.2. The molecule has 0 aliphatic rings. The normalized spacial score (nSPS) is 12.4. The first kappa shape index (κ1) is 17.2. The molecule has 0 saturated carbocycles. The summed E-state index contributed by atoms with van der Waals surface area (Å²) < 4.78 is 0. The molecule has 0 bridgehead atoms. The molecule has 0 spiro atoms. The summed E-state index contributed by atoms with van der Waals surface area (Å²) in [5.74, 6) is 0.0763. The Morgan fingerprint density at radius 2 is 2.12 bits per heavy atom. The monoisotopic (exact) mass is 353 g/mol. The fourth-order valence-electron chi connectivity index (χ4n) is 3.06. The number of aromatic nitrogens is 2. The van der Waals surface area contributed by atoms with Gasteiger partial charge in [0.2, 0.25) is 0 Å². The Bertz CT molecular complexity index is 942. The van der Waals surface area contributed by atoms with Gasteiger partial charge < -0.3 is 10.3 Å². The van der Waals surface area contributed by atoms with Gasteiger partial charge in [0.05, 0.1) is 11.4 Å². The maximum atomic E-state index is 11.9. The van der Waals surface area contributed by atoms with Crippen molar-refractivity contribution in [3.05, 3.63) is 64.6 Å². The number of anilines is 1. The molecule has 0 aliphatic heterocycles. The van der Waals surface area contributed by atoms with Gasteiger partial charge in [0.25, 0.3) is 0 Å². The molecule has 0 amide bonds. The number of allylic oxidation sites excluding steroid dienone is 1. The number of carbonyl (C=O) groups is 1. The maximum Gasteiger partial charge on any atom is 0.146 e. The van der Waals surface area contributed by atoms with Crippen molar-refractivity contribution < 1.29 is 4.79 Å². The van der Waals surface area contributed by atoms with Crippen LogP contribution in [0.2, 0.25) is 5.02 Å². The van der Waals surface area contributed by atoms with Crippen LogP contribution in [-0.4, -0.2) is 23.3 Å². The maximum absolute atomic E-state index is 11.9. The third kappa shape index (κ3) is 3.17. The Morgan fingerprint density at radius 1 is 1.32 bits per heavy atom. The lowest BCUT2D eigenvalue weighted by Gasteiger charge is -2.15. The minimum absolute atomic E-state index is 0.0763. The van der Waals surface area contributed by atoms with E-state index >= 15 is 0 Å². The van der Waals surface area contributed by atoms with E-state index in [1.54, 1.807) is 12.4 Å². The molecule has 128 valence electrons. The molecule has 1 aromatic carbocycles. The first-order valence-electron chi connectivity index (χ1n) is 8.16. The van der Waals surface area contributed by atoms with Crippen LogP contribution in [0, 0.1) is 5.92 Å². The van der Waals surface area contributed by atoms with Gasteiger partial charge in [-0.3, -0.25) is 9.78 Å². The van der Waals surface area contributed by atoms with E-state index in [-0.39, 0.29) is 5.92 Å². The molecule has 3 aromatic rings. The molecular formula is C20H20ClN3O. The van der Waals surface area contributed by atoms with E-state index in [9.17, 15) is 4.79 Å². The summed E-state index contributed by atoms with van der Waals surface area (Å²) in [5, 5.41) is 4.91. The minimum atomic E-state index is 0.0763. The Balaban J connectivity index is 2.39. The van der Waals surface area contributed by atoms with Crippen LogP contribution < -0.4 is 5.32 Å². The van der Waals surface area contributed by atoms with Crippen molar-refractivity contribution >= 4 is 40.1 Å². The highest BCUT2D eigenvalue weighted by atomic mass is 35.5. The number of hydrogen-bond acceptors (Lipinski definition) is 3. The number of nitrogens with one attached hydrogen (secondary N) is 2. The summed E-state index contributed by atoms with van der Waals surface area (Å²) in [5.41, 5.74) is 5.21. The fourth-order valence-corrected chi connectivity index (χ4v) is 3.23. The Labute approximate surface area is 151 Å². The van der Waals surface area contributed by atoms with E-state index < -0.39 is 0 Å². The van der Waals surface area contributed by atoms with E-state index in [0.717, 1.165) is 45.3 Å². The van der Waals surface area contributed by atoms with Crippen LogP contribution in [0.3, 0.4) is 0 Å². The van der Waals surface area contributed by atoms with Crippen LogP contribution in [0.1, 0.15) is 25.1 Å². The van der Waals surface area contributed by atoms with Gasteiger partial charge in [0.15, 0.2) is 0 Å². The smallest absolute Gasteiger partial charge is 0.146 e. The van der Waals surface area contributed by atoms with Crippen molar-refractivity contribution in [1.29, 1.82) is 0 Å². The average Bonchev–Trinajstić information content (AvgIpc) is 2.96. The van der Waals surface area contributed by atoms with Crippen molar-refractivity contribution in [2.75, 3.05) is 12.4 Å². The third-order valence-electron chi connectivity index (χ3n) is 4.25. The lowest BCUT2D eigenvalue weighted by Crippen LogP contribution is -2.05. The highest BCUT2D eigenvalue weighted by Crippen LogP contribution is 2.38. The van der Waals surface area contributed by atoms with Crippen LogP contribution in [0.15, 0.2) is 48.3 Å². The molecule has 5 heteroatoms. The van der Waals surface area contributed by atoms with Gasteiger partial charge in [-0.25, -0.2) is 0 Å². The Hall–Kier alpha value is -2.59. The van der Waals surface area contributed by atoms with Gasteiger partial charge >= 0.3 is 0 Å². The van der Waals surface area contributed by atoms with Gasteiger partial charge in [0.1, 0.15) is 6.29 Å². The molecule has 25 heavy (non-hydrogen) atoms. The number of nitrogens with zero attached hydrogens (tertiary/aromatic N) is 1. The number of halogens is 1. The van der Waals surface area contributed by atoms with Crippen molar-refractivity contribution in [3.8, 4) is 0 Å². The van der Waals surface area contributed by atoms with Gasteiger partial charge in [-0.15, -0.1) is 0 Å². The number of benzene rings is 1. The zero-order valence-electron chi connectivity index (χ0n) is 14.4. The quantitative estimate of drug-likeness (QED) is 0.506. The minimum Gasteiger partial charge on any atom is -0.386 e. The van der Waals surface area contributed by atoms with Crippen molar-refractivity contribution in [2.24, 2.45) is 5.92 Å². The van der Waals surface area contributed by atoms with Crippen molar-refractivity contribution in [2.45, 2.75) is 13.8 Å². The molecule has 0 aliphatic carbocycles. The lowest BCUT2D eigenvalue weighted by molar-refractivity contribution is -0.105. The first-order chi connectivity index (χ1) is 12.1. The van der Waals surface area contributed by atoms with Crippen LogP contribution in [0.25, 0.3) is 16.5 Å². The molecule has 0 atom stereocenters. The highest BCUT2D eigenvalue weighted by Gasteiger charge is 2.21. The molecule has 0 radical (unpaired) electrons. The number of fused-ring (bicyclic) bond motifs is 1. The predicted molar refractivity (Wildman–Crippen MR) is 104 cm³/mol. The number of H-pyrrole nitrogens is 1. The van der Waals surface area contributed by atoms with E-state index in [1.807, 2.05) is 51.2 Å². The number of aldehydes is 1. The first-order valence-corrected chi connectivity index (χ1v) is 8.53. The van der Waals surface area contributed by atoms with Gasteiger partial charge in [-0.1, -0.05) is 31.5 Å². The number of rotatable bonds is 5. The summed E-state index contributed by atoms with van der Waals surface area (Å²) in [6.45, 7) is 4.03. The SMILES string of the molecule is CNc1c(/C(=C(\C=O)C(C)C)c2cccnc2)[nH]c2ccc(Cl)cc12. The molecule has 3 rings (SSSR count). The predicted octanol–water partition coefficient (Wildman–Crippen LogP) is 4.91. The third-order valence-corrected chi connectivity index (χ3v) is 4.48. The van der Waals surface area contributed by atoms with Gasteiger partial charge in [-0.05, 0) is 30.2 Å². The molecular weight excluding hydrogens is 334 g/mol. The second kappa shape index (κ2) is 7.11. The summed E-state index contributed by atoms with van der Waals surface area (Å²) in [6.07, 6.45) is 4.44. The van der Waals surface area contributed by atoms with E-state index in [4.69, 9.17) is 11.6 Å². The van der Waals surface area contributed by atoms with E-state index in [0.29, 0.717) is 5.02 Å². The lowest BCUT2D eigenvalue weighted by atomic mass is 9.91. The molecule has 4 nitrogen and oxygen atoms in total. The second-order valence-electron chi connectivity index (χ2n) is 6.16. The number of hydrogen-bond donors (Lipinski definition) is 2. The van der Waals surface area contributed by atoms with Crippen LogP contribution in [-0.2, 0) is 4.79 Å². The standard InChI is InChI=1S/C20H20ClN3O/c1-12(2)16(11-25)18(13-5-4-8-23-10-13)20-19(22-3)15-9-14(21)6-7-17(15)24-20/h4-12,22,24H,1-3H3/b18-16+. The molecule has 0 unspecified atom stereocenters. The highest BCUT2D eigenvalue weighted by molar-refractivity contribution is 6.31. The Morgan fingerprint density at radius 3 is 2.72 bits per heavy atom. The number of carbonyl (C=O) groups excluding carboxylic acids is 1. The molecule has 0 fully saturated rings. The number of pyridine rings is 1. The van der Waals surface area contributed by atoms with E-state index in [1.165, 1.54) is 0 Å². The van der Waals surface area contributed by atoms with E-state index in [2.05, 4.69) is 15.3 Å². The molecule has 2 heterocycles. The van der Waals surface area contributed by atoms with Gasteiger partial charge in [-0.2, -0.15) is 0 Å².